The Morgan fingerprint density at radius 2 is 1.69 bits per heavy atom. The molecule has 0 unspecified atom stereocenters. The fourth-order valence-corrected chi connectivity index (χ4v) is 4.38. The van der Waals surface area contributed by atoms with Crippen molar-refractivity contribution in [1.29, 1.82) is 0 Å². The SMILES string of the molecule is O=C(CSc1nnc(-c2ccccc2)n1Cc1ccco1)N1CCC(c2ccccc2)=N1. The molecule has 0 aliphatic carbocycles. The maximum Gasteiger partial charge on any atom is 0.253 e. The number of hydrogen-bond donors (Lipinski definition) is 0. The highest BCUT2D eigenvalue weighted by Crippen LogP contribution is 2.26. The van der Waals surface area contributed by atoms with Crippen LogP contribution in [0.15, 0.2) is 93.7 Å². The summed E-state index contributed by atoms with van der Waals surface area (Å²) < 4.78 is 7.52. The lowest BCUT2D eigenvalue weighted by Gasteiger charge is -2.12. The normalized spacial score (nSPS) is 13.4. The molecule has 0 saturated heterocycles. The van der Waals surface area contributed by atoms with Gasteiger partial charge in [0.05, 0.1) is 30.8 Å². The molecular formula is C24H21N5O2S. The quantitative estimate of drug-likeness (QED) is 0.398. The van der Waals surface area contributed by atoms with Crippen LogP contribution in [0.3, 0.4) is 0 Å². The lowest BCUT2D eigenvalue weighted by atomic mass is 10.1. The molecule has 0 saturated carbocycles. The molecule has 0 spiro atoms. The van der Waals surface area contributed by atoms with E-state index in [4.69, 9.17) is 4.42 Å². The first-order valence-electron chi connectivity index (χ1n) is 10.3. The van der Waals surface area contributed by atoms with Gasteiger partial charge in [-0.1, -0.05) is 72.4 Å². The van der Waals surface area contributed by atoms with Gasteiger partial charge in [-0.2, -0.15) is 5.10 Å². The molecule has 0 bridgehead atoms. The van der Waals surface area contributed by atoms with Crippen molar-refractivity contribution in [3.8, 4) is 11.4 Å². The van der Waals surface area contributed by atoms with E-state index in [0.717, 1.165) is 34.8 Å². The summed E-state index contributed by atoms with van der Waals surface area (Å²) in [7, 11) is 0. The maximum atomic E-state index is 12.8. The van der Waals surface area contributed by atoms with E-state index < -0.39 is 0 Å². The number of hydrogen-bond acceptors (Lipinski definition) is 6. The Balaban J connectivity index is 1.32. The van der Waals surface area contributed by atoms with Gasteiger partial charge in [-0.25, -0.2) is 5.01 Å². The van der Waals surface area contributed by atoms with Crippen LogP contribution < -0.4 is 0 Å². The van der Waals surface area contributed by atoms with Crippen molar-refractivity contribution >= 4 is 23.4 Å². The fraction of sp³-hybridized carbons (Fsp3) is 0.167. The van der Waals surface area contributed by atoms with Crippen LogP contribution in [0.5, 0.6) is 0 Å². The Morgan fingerprint density at radius 3 is 2.41 bits per heavy atom. The molecule has 1 aliphatic rings. The van der Waals surface area contributed by atoms with E-state index in [9.17, 15) is 4.79 Å². The van der Waals surface area contributed by atoms with Crippen LogP contribution in [-0.2, 0) is 11.3 Å². The molecule has 2 aromatic carbocycles. The number of furan rings is 1. The Bertz CT molecular complexity index is 1220. The molecule has 4 aromatic rings. The molecule has 0 N–H and O–H groups in total. The van der Waals surface area contributed by atoms with Gasteiger partial charge in [0.2, 0.25) is 0 Å². The fourth-order valence-electron chi connectivity index (χ4n) is 3.57. The van der Waals surface area contributed by atoms with E-state index in [0.29, 0.717) is 18.2 Å². The summed E-state index contributed by atoms with van der Waals surface area (Å²) in [5.74, 6) is 1.72. The average Bonchev–Trinajstić information content (AvgIpc) is 3.61. The van der Waals surface area contributed by atoms with E-state index in [1.165, 1.54) is 11.8 Å². The van der Waals surface area contributed by atoms with Gasteiger partial charge in [-0.05, 0) is 17.7 Å². The Kier molecular flexibility index (Phi) is 5.85. The molecule has 8 heteroatoms. The molecule has 0 atom stereocenters. The molecule has 0 fully saturated rings. The van der Waals surface area contributed by atoms with Crippen molar-refractivity contribution in [2.24, 2.45) is 5.10 Å². The zero-order valence-electron chi connectivity index (χ0n) is 17.3. The van der Waals surface area contributed by atoms with Crippen LogP contribution >= 0.6 is 11.8 Å². The van der Waals surface area contributed by atoms with Gasteiger partial charge in [0.25, 0.3) is 5.91 Å². The van der Waals surface area contributed by atoms with Gasteiger partial charge in [0.1, 0.15) is 5.76 Å². The first kappa shape index (κ1) is 20.3. The summed E-state index contributed by atoms with van der Waals surface area (Å²) in [5.41, 5.74) is 2.96. The molecule has 3 heterocycles. The number of rotatable bonds is 7. The third-order valence-corrected chi connectivity index (χ3v) is 6.12. The van der Waals surface area contributed by atoms with Gasteiger partial charge < -0.3 is 4.42 Å². The minimum absolute atomic E-state index is 0.0465. The predicted octanol–water partition coefficient (Wildman–Crippen LogP) is 4.32. The molecular weight excluding hydrogens is 422 g/mol. The largest absolute Gasteiger partial charge is 0.467 e. The van der Waals surface area contributed by atoms with Crippen LogP contribution in [-0.4, -0.2) is 43.7 Å². The summed E-state index contributed by atoms with van der Waals surface area (Å²) in [6, 6.07) is 23.6. The number of benzene rings is 2. The second kappa shape index (κ2) is 9.23. The lowest BCUT2D eigenvalue weighted by molar-refractivity contribution is -0.127. The average molecular weight is 444 g/mol. The highest BCUT2D eigenvalue weighted by Gasteiger charge is 2.23. The summed E-state index contributed by atoms with van der Waals surface area (Å²) in [6.07, 6.45) is 2.40. The third-order valence-electron chi connectivity index (χ3n) is 5.16. The molecule has 7 nitrogen and oxygen atoms in total. The Labute approximate surface area is 189 Å². The summed E-state index contributed by atoms with van der Waals surface area (Å²) in [5, 5.41) is 15.5. The molecule has 5 rings (SSSR count). The van der Waals surface area contributed by atoms with Crippen molar-refractivity contribution < 1.29 is 9.21 Å². The Morgan fingerprint density at radius 1 is 0.938 bits per heavy atom. The van der Waals surface area contributed by atoms with Crippen molar-refractivity contribution in [2.45, 2.75) is 18.1 Å². The second-order valence-corrected chi connectivity index (χ2v) is 8.25. The van der Waals surface area contributed by atoms with Crippen LogP contribution in [0.25, 0.3) is 11.4 Å². The van der Waals surface area contributed by atoms with Crippen LogP contribution in [0.4, 0.5) is 0 Å². The maximum absolute atomic E-state index is 12.8. The molecule has 160 valence electrons. The molecule has 32 heavy (non-hydrogen) atoms. The zero-order valence-corrected chi connectivity index (χ0v) is 18.1. The van der Waals surface area contributed by atoms with E-state index in [-0.39, 0.29) is 11.7 Å². The van der Waals surface area contributed by atoms with Crippen LogP contribution in [0.2, 0.25) is 0 Å². The van der Waals surface area contributed by atoms with E-state index in [2.05, 4.69) is 15.3 Å². The number of carbonyl (C=O) groups excluding carboxylic acids is 1. The number of aromatic nitrogens is 3. The van der Waals surface area contributed by atoms with Gasteiger partial charge in [0, 0.05) is 12.0 Å². The summed E-state index contributed by atoms with van der Waals surface area (Å²) in [6.45, 7) is 1.08. The minimum Gasteiger partial charge on any atom is -0.467 e. The highest BCUT2D eigenvalue weighted by atomic mass is 32.2. The number of hydrazone groups is 1. The zero-order chi connectivity index (χ0) is 21.8. The van der Waals surface area contributed by atoms with Gasteiger partial charge >= 0.3 is 0 Å². The Hall–Kier alpha value is -3.65. The smallest absolute Gasteiger partial charge is 0.253 e. The van der Waals surface area contributed by atoms with Crippen molar-refractivity contribution in [1.82, 2.24) is 19.8 Å². The monoisotopic (exact) mass is 443 g/mol. The van der Waals surface area contributed by atoms with Crippen molar-refractivity contribution in [3.05, 3.63) is 90.4 Å². The molecule has 1 amide bonds. The predicted molar refractivity (Wildman–Crippen MR) is 123 cm³/mol. The minimum atomic E-state index is -0.0465. The highest BCUT2D eigenvalue weighted by molar-refractivity contribution is 7.99. The molecule has 0 radical (unpaired) electrons. The van der Waals surface area contributed by atoms with Crippen molar-refractivity contribution in [2.75, 3.05) is 12.3 Å². The second-order valence-electron chi connectivity index (χ2n) is 7.31. The summed E-state index contributed by atoms with van der Waals surface area (Å²) in [4.78, 5) is 12.8. The standard InChI is InChI=1S/C24H21N5O2S/c30-22(29-14-13-21(27-29)18-8-3-1-4-9-18)17-32-24-26-25-23(19-10-5-2-6-11-19)28(24)16-20-12-7-15-31-20/h1-12,15H,13-14,16-17H2. The van der Waals surface area contributed by atoms with Gasteiger partial charge in [0.15, 0.2) is 11.0 Å². The van der Waals surface area contributed by atoms with Gasteiger partial charge in [-0.15, -0.1) is 10.2 Å². The first-order valence-corrected chi connectivity index (χ1v) is 11.3. The molecule has 2 aromatic heterocycles. The first-order chi connectivity index (χ1) is 15.8. The summed E-state index contributed by atoms with van der Waals surface area (Å²) >= 11 is 1.36. The van der Waals surface area contributed by atoms with Crippen molar-refractivity contribution in [3.63, 3.8) is 0 Å². The number of amides is 1. The number of thioether (sulfide) groups is 1. The van der Waals surface area contributed by atoms with E-state index in [1.807, 2.05) is 77.4 Å². The third kappa shape index (κ3) is 4.36. The lowest BCUT2D eigenvalue weighted by Crippen LogP contribution is -2.25. The van der Waals surface area contributed by atoms with E-state index >= 15 is 0 Å². The van der Waals surface area contributed by atoms with Crippen LogP contribution in [0.1, 0.15) is 17.7 Å². The van der Waals surface area contributed by atoms with E-state index in [1.54, 1.807) is 11.3 Å². The number of nitrogens with zero attached hydrogens (tertiary/aromatic N) is 5. The molecule has 1 aliphatic heterocycles. The van der Waals surface area contributed by atoms with Gasteiger partial charge in [-0.3, -0.25) is 9.36 Å². The van der Waals surface area contributed by atoms with Crippen LogP contribution in [0, 0.1) is 0 Å². The topological polar surface area (TPSA) is 76.5 Å². The number of carbonyl (C=O) groups is 1.